The molecular formula is C14H30N2O. The number of nitrogens with one attached hydrogen (secondary N) is 1. The van der Waals surface area contributed by atoms with Gasteiger partial charge in [0, 0.05) is 6.61 Å². The van der Waals surface area contributed by atoms with Crippen LogP contribution in [-0.4, -0.2) is 49.3 Å². The minimum atomic E-state index is 0.352. The molecule has 102 valence electrons. The lowest BCUT2D eigenvalue weighted by Crippen LogP contribution is -2.37. The molecule has 17 heavy (non-hydrogen) atoms. The Morgan fingerprint density at radius 2 is 1.94 bits per heavy atom. The van der Waals surface area contributed by atoms with Crippen LogP contribution < -0.4 is 5.32 Å². The molecule has 0 radical (unpaired) electrons. The molecule has 0 aromatic rings. The molecule has 0 aliphatic carbocycles. The van der Waals surface area contributed by atoms with Gasteiger partial charge in [-0.25, -0.2) is 0 Å². The number of aliphatic hydroxyl groups is 1. The van der Waals surface area contributed by atoms with Crippen molar-refractivity contribution >= 4 is 0 Å². The first-order valence-electron chi connectivity index (χ1n) is 7.40. The van der Waals surface area contributed by atoms with Crippen LogP contribution in [0, 0.1) is 5.92 Å². The van der Waals surface area contributed by atoms with E-state index in [1.165, 1.54) is 64.8 Å². The highest BCUT2D eigenvalue weighted by atomic mass is 16.2. The second-order valence-corrected chi connectivity index (χ2v) is 5.27. The third kappa shape index (κ3) is 7.02. The van der Waals surface area contributed by atoms with Gasteiger partial charge in [-0.2, -0.15) is 0 Å². The van der Waals surface area contributed by atoms with Gasteiger partial charge in [0.2, 0.25) is 0 Å². The maximum atomic E-state index is 8.72. The highest BCUT2D eigenvalue weighted by Crippen LogP contribution is 2.16. The number of aliphatic hydroxyl groups excluding tert-OH is 1. The molecule has 0 aromatic heterocycles. The van der Waals surface area contributed by atoms with Gasteiger partial charge in [-0.1, -0.05) is 6.92 Å². The van der Waals surface area contributed by atoms with E-state index in [0.717, 1.165) is 12.3 Å². The summed E-state index contributed by atoms with van der Waals surface area (Å²) in [7, 11) is 0. The third-order valence-corrected chi connectivity index (χ3v) is 3.70. The zero-order chi connectivity index (χ0) is 12.3. The van der Waals surface area contributed by atoms with Crippen LogP contribution >= 0.6 is 0 Å². The van der Waals surface area contributed by atoms with Gasteiger partial charge >= 0.3 is 0 Å². The smallest absolute Gasteiger partial charge is 0.0431 e. The maximum absolute atomic E-state index is 8.72. The van der Waals surface area contributed by atoms with Crippen LogP contribution in [0.15, 0.2) is 0 Å². The van der Waals surface area contributed by atoms with Crippen LogP contribution in [0.4, 0.5) is 0 Å². The van der Waals surface area contributed by atoms with Gasteiger partial charge in [0.25, 0.3) is 0 Å². The van der Waals surface area contributed by atoms with Crippen molar-refractivity contribution in [3.63, 3.8) is 0 Å². The molecular weight excluding hydrogens is 212 g/mol. The normalized spacial score (nSPS) is 18.7. The van der Waals surface area contributed by atoms with Crippen LogP contribution in [0.1, 0.15) is 45.4 Å². The predicted molar refractivity (Wildman–Crippen MR) is 73.3 cm³/mol. The van der Waals surface area contributed by atoms with E-state index >= 15 is 0 Å². The second kappa shape index (κ2) is 9.86. The van der Waals surface area contributed by atoms with Crippen molar-refractivity contribution < 1.29 is 5.11 Å². The Kier molecular flexibility index (Phi) is 8.67. The summed E-state index contributed by atoms with van der Waals surface area (Å²) < 4.78 is 0. The molecule has 0 unspecified atom stereocenters. The van der Waals surface area contributed by atoms with E-state index in [1.807, 2.05) is 0 Å². The molecule has 0 atom stereocenters. The van der Waals surface area contributed by atoms with Gasteiger partial charge < -0.3 is 15.3 Å². The zero-order valence-electron chi connectivity index (χ0n) is 11.5. The maximum Gasteiger partial charge on any atom is 0.0431 e. The summed E-state index contributed by atoms with van der Waals surface area (Å²) in [5.41, 5.74) is 0. The quantitative estimate of drug-likeness (QED) is 0.606. The molecule has 0 spiro atoms. The van der Waals surface area contributed by atoms with Crippen molar-refractivity contribution in [3.8, 4) is 0 Å². The second-order valence-electron chi connectivity index (χ2n) is 5.27. The monoisotopic (exact) mass is 242 g/mol. The van der Waals surface area contributed by atoms with Crippen molar-refractivity contribution in [2.24, 2.45) is 5.92 Å². The van der Waals surface area contributed by atoms with E-state index in [1.54, 1.807) is 0 Å². The zero-order valence-corrected chi connectivity index (χ0v) is 11.5. The fourth-order valence-corrected chi connectivity index (χ4v) is 2.52. The molecule has 3 nitrogen and oxygen atoms in total. The molecule has 1 aliphatic rings. The van der Waals surface area contributed by atoms with Crippen LogP contribution in [-0.2, 0) is 0 Å². The lowest BCUT2D eigenvalue weighted by atomic mass is 9.96. The van der Waals surface area contributed by atoms with Gasteiger partial charge in [-0.15, -0.1) is 0 Å². The van der Waals surface area contributed by atoms with Crippen LogP contribution in [0.2, 0.25) is 0 Å². The van der Waals surface area contributed by atoms with Crippen molar-refractivity contribution in [2.75, 3.05) is 39.3 Å². The molecule has 1 saturated heterocycles. The molecule has 1 rings (SSSR count). The fraction of sp³-hybridized carbons (Fsp3) is 1.00. The lowest BCUT2D eigenvalue weighted by Gasteiger charge is -2.32. The number of hydrogen-bond acceptors (Lipinski definition) is 3. The van der Waals surface area contributed by atoms with Gasteiger partial charge in [-0.3, -0.25) is 0 Å². The number of likely N-dealkylation sites (tertiary alicyclic amines) is 1. The topological polar surface area (TPSA) is 35.5 Å². The number of piperidine rings is 1. The van der Waals surface area contributed by atoms with Gasteiger partial charge in [-0.05, 0) is 77.2 Å². The molecule has 1 fully saturated rings. The van der Waals surface area contributed by atoms with Crippen molar-refractivity contribution in [1.82, 2.24) is 10.2 Å². The van der Waals surface area contributed by atoms with E-state index in [0.29, 0.717) is 6.61 Å². The molecule has 3 heteroatoms. The summed E-state index contributed by atoms with van der Waals surface area (Å²) in [5.74, 6) is 0.898. The van der Waals surface area contributed by atoms with Crippen LogP contribution in [0.5, 0.6) is 0 Å². The Morgan fingerprint density at radius 1 is 1.18 bits per heavy atom. The Hall–Kier alpha value is -0.120. The lowest BCUT2D eigenvalue weighted by molar-refractivity contribution is 0.177. The SMILES string of the molecule is CCCNCC1CCN(CCCCCO)CC1. The van der Waals surface area contributed by atoms with Gasteiger partial charge in [0.1, 0.15) is 0 Å². The number of hydrogen-bond donors (Lipinski definition) is 2. The standard InChI is InChI=1S/C14H30N2O/c1-2-8-15-13-14-6-10-16(11-7-14)9-4-3-5-12-17/h14-15,17H,2-13H2,1H3. The van der Waals surface area contributed by atoms with E-state index in [2.05, 4.69) is 17.1 Å². The summed E-state index contributed by atoms with van der Waals surface area (Å²) in [6.07, 6.45) is 7.35. The average molecular weight is 242 g/mol. The van der Waals surface area contributed by atoms with Gasteiger partial charge in [0.05, 0.1) is 0 Å². The molecule has 0 bridgehead atoms. The number of unbranched alkanes of at least 4 members (excludes halogenated alkanes) is 2. The highest BCUT2D eigenvalue weighted by molar-refractivity contribution is 4.73. The van der Waals surface area contributed by atoms with Crippen molar-refractivity contribution in [1.29, 1.82) is 0 Å². The molecule has 1 aliphatic heterocycles. The average Bonchev–Trinajstić information content (AvgIpc) is 2.37. The summed E-state index contributed by atoms with van der Waals surface area (Å²) in [4.78, 5) is 2.59. The molecule has 1 heterocycles. The molecule has 2 N–H and O–H groups in total. The Labute approximate surface area is 107 Å². The highest BCUT2D eigenvalue weighted by Gasteiger charge is 2.17. The molecule has 0 saturated carbocycles. The number of rotatable bonds is 9. The third-order valence-electron chi connectivity index (χ3n) is 3.70. The summed E-state index contributed by atoms with van der Waals surface area (Å²) in [6.45, 7) is 8.74. The Balaban J connectivity index is 1.97. The van der Waals surface area contributed by atoms with E-state index in [4.69, 9.17) is 5.11 Å². The fourth-order valence-electron chi connectivity index (χ4n) is 2.52. The Bertz CT molecular complexity index is 168. The van der Waals surface area contributed by atoms with Crippen molar-refractivity contribution in [3.05, 3.63) is 0 Å². The number of nitrogens with zero attached hydrogens (tertiary/aromatic N) is 1. The van der Waals surface area contributed by atoms with E-state index < -0.39 is 0 Å². The van der Waals surface area contributed by atoms with E-state index in [9.17, 15) is 0 Å². The summed E-state index contributed by atoms with van der Waals surface area (Å²) in [6, 6.07) is 0. The minimum absolute atomic E-state index is 0.352. The first kappa shape index (κ1) is 14.9. The molecule has 0 aromatic carbocycles. The first-order valence-corrected chi connectivity index (χ1v) is 7.40. The van der Waals surface area contributed by atoms with Crippen LogP contribution in [0.3, 0.4) is 0 Å². The molecule has 0 amide bonds. The summed E-state index contributed by atoms with van der Waals surface area (Å²) in [5, 5.41) is 12.3. The minimum Gasteiger partial charge on any atom is -0.396 e. The summed E-state index contributed by atoms with van der Waals surface area (Å²) >= 11 is 0. The van der Waals surface area contributed by atoms with Crippen molar-refractivity contribution in [2.45, 2.75) is 45.4 Å². The van der Waals surface area contributed by atoms with E-state index in [-0.39, 0.29) is 0 Å². The largest absolute Gasteiger partial charge is 0.396 e. The predicted octanol–water partition coefficient (Wildman–Crippen LogP) is 1.86. The van der Waals surface area contributed by atoms with Gasteiger partial charge in [0.15, 0.2) is 0 Å². The Morgan fingerprint density at radius 3 is 2.59 bits per heavy atom. The first-order chi connectivity index (χ1) is 8.36. The van der Waals surface area contributed by atoms with Crippen LogP contribution in [0.25, 0.3) is 0 Å².